The molecule has 0 saturated carbocycles. The fourth-order valence-electron chi connectivity index (χ4n) is 2.80. The van der Waals surface area contributed by atoms with Gasteiger partial charge < -0.3 is 5.32 Å². The van der Waals surface area contributed by atoms with Gasteiger partial charge in [0.1, 0.15) is 5.01 Å². The summed E-state index contributed by atoms with van der Waals surface area (Å²) in [4.78, 5) is 16.7. The third-order valence-corrected chi connectivity index (χ3v) is 6.50. The van der Waals surface area contributed by atoms with Crippen LogP contribution in [0.4, 0.5) is 18.9 Å². The van der Waals surface area contributed by atoms with E-state index in [0.717, 1.165) is 17.8 Å². The summed E-state index contributed by atoms with van der Waals surface area (Å²) >= 11 is 8.46. The minimum absolute atomic E-state index is 0.127. The molecular weight excluding hydrogens is 483 g/mol. The Kier molecular flexibility index (Phi) is 6.40. The zero-order chi connectivity index (χ0) is 22.9. The van der Waals surface area contributed by atoms with Crippen LogP contribution >= 0.6 is 34.7 Å². The number of fused-ring (bicyclic) bond motifs is 1. The van der Waals surface area contributed by atoms with Crippen LogP contribution in [0.15, 0.2) is 47.1 Å². The lowest BCUT2D eigenvalue weighted by Gasteiger charge is -2.08. The Balaban J connectivity index is 1.41. The molecule has 0 radical (unpaired) electrons. The topological polar surface area (TPSA) is 72.2 Å². The van der Waals surface area contributed by atoms with E-state index in [4.69, 9.17) is 11.6 Å². The SMILES string of the molecule is Cc1ccc(NC(=O)Cc2nc(CSc3nnc4c(Cl)cc(C(F)(F)F)cn34)cs2)cc1. The quantitative estimate of drug-likeness (QED) is 0.349. The van der Waals surface area contributed by atoms with Crippen LogP contribution in [-0.2, 0) is 23.1 Å². The van der Waals surface area contributed by atoms with Gasteiger partial charge in [-0.1, -0.05) is 41.1 Å². The van der Waals surface area contributed by atoms with Crippen molar-refractivity contribution >= 4 is 51.9 Å². The largest absolute Gasteiger partial charge is 0.417 e. The van der Waals surface area contributed by atoms with Crippen LogP contribution in [0.5, 0.6) is 0 Å². The minimum atomic E-state index is -4.53. The maximum Gasteiger partial charge on any atom is 0.417 e. The number of pyridine rings is 1. The van der Waals surface area contributed by atoms with Crippen molar-refractivity contribution in [2.45, 2.75) is 30.4 Å². The lowest BCUT2D eigenvalue weighted by molar-refractivity contribution is -0.137. The van der Waals surface area contributed by atoms with Crippen LogP contribution in [0.2, 0.25) is 5.02 Å². The van der Waals surface area contributed by atoms with Gasteiger partial charge in [0.05, 0.1) is 22.7 Å². The number of hydrogen-bond acceptors (Lipinski definition) is 6. The van der Waals surface area contributed by atoms with E-state index in [9.17, 15) is 18.0 Å². The molecule has 3 aromatic heterocycles. The molecular formula is C20H15ClF3N5OS2. The molecule has 0 bridgehead atoms. The first-order chi connectivity index (χ1) is 15.2. The second-order valence-corrected chi connectivity index (χ2v) is 9.16. The van der Waals surface area contributed by atoms with Gasteiger partial charge >= 0.3 is 6.18 Å². The van der Waals surface area contributed by atoms with Crippen LogP contribution < -0.4 is 5.32 Å². The van der Waals surface area contributed by atoms with Gasteiger partial charge in [0.25, 0.3) is 0 Å². The predicted molar refractivity (Wildman–Crippen MR) is 118 cm³/mol. The van der Waals surface area contributed by atoms with Crippen LogP contribution in [0.25, 0.3) is 5.65 Å². The average Bonchev–Trinajstić information content (AvgIpc) is 3.34. The second-order valence-electron chi connectivity index (χ2n) is 6.86. The summed E-state index contributed by atoms with van der Waals surface area (Å²) in [6.45, 7) is 1.97. The minimum Gasteiger partial charge on any atom is -0.326 e. The number of alkyl halides is 3. The number of hydrogen-bond donors (Lipinski definition) is 1. The van der Waals surface area contributed by atoms with E-state index in [2.05, 4.69) is 20.5 Å². The van der Waals surface area contributed by atoms with E-state index in [0.29, 0.717) is 22.1 Å². The van der Waals surface area contributed by atoms with Crippen molar-refractivity contribution in [2.75, 3.05) is 5.32 Å². The Morgan fingerprint density at radius 3 is 2.72 bits per heavy atom. The van der Waals surface area contributed by atoms with Gasteiger partial charge in [0, 0.05) is 23.0 Å². The summed E-state index contributed by atoms with van der Waals surface area (Å²) in [7, 11) is 0. The number of rotatable bonds is 6. The van der Waals surface area contributed by atoms with Crippen molar-refractivity contribution in [1.82, 2.24) is 19.6 Å². The van der Waals surface area contributed by atoms with Crippen molar-refractivity contribution in [3.05, 3.63) is 68.8 Å². The number of halogens is 4. The standard InChI is InChI=1S/C20H15ClF3N5OS2/c1-11-2-4-13(5-3-11)25-16(30)7-17-26-14(9-31-17)10-32-19-28-27-18-15(21)6-12(8-29(18)19)20(22,23)24/h2-6,8-9H,7,10H2,1H3,(H,25,30). The number of anilines is 1. The molecule has 1 amide bonds. The molecule has 1 aromatic carbocycles. The zero-order valence-electron chi connectivity index (χ0n) is 16.5. The van der Waals surface area contributed by atoms with E-state index in [-0.39, 0.29) is 28.2 Å². The van der Waals surface area contributed by atoms with E-state index >= 15 is 0 Å². The van der Waals surface area contributed by atoms with Crippen molar-refractivity contribution in [1.29, 1.82) is 0 Å². The Morgan fingerprint density at radius 1 is 1.25 bits per heavy atom. The lowest BCUT2D eigenvalue weighted by Crippen LogP contribution is -2.14. The molecule has 0 aliphatic heterocycles. The summed E-state index contributed by atoms with van der Waals surface area (Å²) in [5, 5.41) is 13.2. The molecule has 1 N–H and O–H groups in total. The monoisotopic (exact) mass is 497 g/mol. The molecule has 0 unspecified atom stereocenters. The Hall–Kier alpha value is -2.63. The molecule has 12 heteroatoms. The predicted octanol–water partition coefficient (Wildman–Crippen LogP) is 5.64. The molecule has 4 aromatic rings. The van der Waals surface area contributed by atoms with Crippen LogP contribution in [0, 0.1) is 6.92 Å². The first-order valence-electron chi connectivity index (χ1n) is 9.23. The van der Waals surface area contributed by atoms with Crippen molar-refractivity contribution in [3.63, 3.8) is 0 Å². The number of carbonyl (C=O) groups is 1. The van der Waals surface area contributed by atoms with Gasteiger partial charge in [0.15, 0.2) is 10.8 Å². The molecule has 166 valence electrons. The highest BCUT2D eigenvalue weighted by molar-refractivity contribution is 7.98. The highest BCUT2D eigenvalue weighted by Gasteiger charge is 2.32. The summed E-state index contributed by atoms with van der Waals surface area (Å²) in [5.74, 6) is 0.172. The molecule has 0 aliphatic carbocycles. The van der Waals surface area contributed by atoms with E-state index in [1.807, 2.05) is 31.2 Å². The number of thiazole rings is 1. The third kappa shape index (κ3) is 5.22. The van der Waals surface area contributed by atoms with Gasteiger partial charge in [-0.3, -0.25) is 9.20 Å². The second kappa shape index (κ2) is 9.08. The number of nitrogens with one attached hydrogen (secondary N) is 1. The zero-order valence-corrected chi connectivity index (χ0v) is 18.9. The molecule has 3 heterocycles. The number of aromatic nitrogens is 4. The maximum absolute atomic E-state index is 13.1. The Morgan fingerprint density at radius 2 is 2.00 bits per heavy atom. The first kappa shape index (κ1) is 22.6. The number of amides is 1. The highest BCUT2D eigenvalue weighted by Crippen LogP contribution is 2.33. The number of benzene rings is 1. The van der Waals surface area contributed by atoms with Crippen molar-refractivity contribution in [3.8, 4) is 0 Å². The molecule has 0 aliphatic rings. The van der Waals surface area contributed by atoms with Crippen LogP contribution in [0.1, 0.15) is 21.8 Å². The van der Waals surface area contributed by atoms with Crippen molar-refractivity contribution < 1.29 is 18.0 Å². The van der Waals surface area contributed by atoms with Gasteiger partial charge in [0.2, 0.25) is 5.91 Å². The van der Waals surface area contributed by atoms with Gasteiger partial charge in [-0.2, -0.15) is 13.2 Å². The Labute approximate surface area is 193 Å². The smallest absolute Gasteiger partial charge is 0.326 e. The molecule has 0 saturated heterocycles. The number of carbonyl (C=O) groups excluding carboxylic acids is 1. The number of thioether (sulfide) groups is 1. The molecule has 0 fully saturated rings. The number of nitrogens with zero attached hydrogens (tertiary/aromatic N) is 4. The average molecular weight is 498 g/mol. The Bertz CT molecular complexity index is 1270. The fourth-order valence-corrected chi connectivity index (χ4v) is 4.75. The van der Waals surface area contributed by atoms with Gasteiger partial charge in [-0.15, -0.1) is 21.5 Å². The summed E-state index contributed by atoms with van der Waals surface area (Å²) in [6.07, 6.45) is -3.49. The fraction of sp³-hybridized carbons (Fsp3) is 0.200. The van der Waals surface area contributed by atoms with E-state index < -0.39 is 11.7 Å². The first-order valence-corrected chi connectivity index (χ1v) is 11.5. The molecule has 0 atom stereocenters. The summed E-state index contributed by atoms with van der Waals surface area (Å²) in [6, 6.07) is 8.31. The molecule has 32 heavy (non-hydrogen) atoms. The van der Waals surface area contributed by atoms with Crippen molar-refractivity contribution in [2.24, 2.45) is 0 Å². The highest BCUT2D eigenvalue weighted by atomic mass is 35.5. The molecule has 6 nitrogen and oxygen atoms in total. The molecule has 4 rings (SSSR count). The number of aryl methyl sites for hydroxylation is 1. The third-order valence-electron chi connectivity index (χ3n) is 4.35. The summed E-state index contributed by atoms with van der Waals surface area (Å²) in [5.41, 5.74) is 1.76. The van der Waals surface area contributed by atoms with Crippen LogP contribution in [0.3, 0.4) is 0 Å². The van der Waals surface area contributed by atoms with E-state index in [1.165, 1.54) is 27.5 Å². The van der Waals surface area contributed by atoms with Gasteiger partial charge in [-0.25, -0.2) is 4.98 Å². The summed E-state index contributed by atoms with van der Waals surface area (Å²) < 4.78 is 40.5. The van der Waals surface area contributed by atoms with Crippen LogP contribution in [-0.4, -0.2) is 25.5 Å². The molecule has 0 spiro atoms. The van der Waals surface area contributed by atoms with E-state index in [1.54, 1.807) is 5.38 Å². The lowest BCUT2D eigenvalue weighted by atomic mass is 10.2. The normalized spacial score (nSPS) is 11.8. The van der Waals surface area contributed by atoms with Gasteiger partial charge in [-0.05, 0) is 25.1 Å². The maximum atomic E-state index is 13.1.